The van der Waals surface area contributed by atoms with Gasteiger partial charge in [-0.3, -0.25) is 0 Å². The van der Waals surface area contributed by atoms with Crippen LogP contribution in [0, 0.1) is 5.82 Å². The van der Waals surface area contributed by atoms with Gasteiger partial charge in [0.2, 0.25) is 0 Å². The molecule has 0 aliphatic rings. The van der Waals surface area contributed by atoms with Crippen molar-refractivity contribution in [1.82, 2.24) is 9.97 Å². The summed E-state index contributed by atoms with van der Waals surface area (Å²) in [7, 11) is 0. The van der Waals surface area contributed by atoms with Gasteiger partial charge in [-0.2, -0.15) is 0 Å². The van der Waals surface area contributed by atoms with E-state index in [1.165, 1.54) is 12.3 Å². The third-order valence-corrected chi connectivity index (χ3v) is 1.77. The molecule has 60 valence electrons. The van der Waals surface area contributed by atoms with Crippen LogP contribution in [0.4, 0.5) is 4.39 Å². The Morgan fingerprint density at radius 3 is 3.17 bits per heavy atom. The first-order chi connectivity index (χ1) is 5.83. The van der Waals surface area contributed by atoms with Crippen LogP contribution in [0.25, 0.3) is 17.1 Å². The highest BCUT2D eigenvalue weighted by Crippen LogP contribution is 2.17. The standard InChI is InChI=1S/C9H7FN2/c1-2-6-5-12-9-7(8(6)10)3-4-11-9/h2-5H,1H2,(H,11,12). The summed E-state index contributed by atoms with van der Waals surface area (Å²) in [5.74, 6) is -0.267. The summed E-state index contributed by atoms with van der Waals surface area (Å²) in [5.41, 5.74) is 1.00. The van der Waals surface area contributed by atoms with Gasteiger partial charge in [0.1, 0.15) is 11.5 Å². The van der Waals surface area contributed by atoms with Gasteiger partial charge in [0.05, 0.1) is 5.39 Å². The lowest BCUT2D eigenvalue weighted by Crippen LogP contribution is -1.85. The third kappa shape index (κ3) is 0.830. The van der Waals surface area contributed by atoms with Gasteiger partial charge in [0.15, 0.2) is 0 Å². The Hall–Kier alpha value is -1.64. The van der Waals surface area contributed by atoms with E-state index in [1.807, 2.05) is 0 Å². The molecule has 0 aliphatic heterocycles. The second kappa shape index (κ2) is 2.44. The predicted octanol–water partition coefficient (Wildman–Crippen LogP) is 2.35. The number of H-pyrrole nitrogens is 1. The minimum absolute atomic E-state index is 0.267. The number of aromatic nitrogens is 2. The number of nitrogens with one attached hydrogen (secondary N) is 1. The van der Waals surface area contributed by atoms with E-state index in [-0.39, 0.29) is 5.82 Å². The van der Waals surface area contributed by atoms with Crippen molar-refractivity contribution in [3.8, 4) is 0 Å². The Balaban J connectivity index is 2.86. The van der Waals surface area contributed by atoms with Crippen LogP contribution in [0.15, 0.2) is 25.0 Å². The summed E-state index contributed by atoms with van der Waals surface area (Å²) in [6.45, 7) is 3.49. The largest absolute Gasteiger partial charge is 0.346 e. The maximum absolute atomic E-state index is 13.4. The number of pyridine rings is 1. The molecule has 2 nitrogen and oxygen atoms in total. The molecule has 3 heteroatoms. The SMILES string of the molecule is C=Cc1cnc2[nH]ccc2c1F. The molecular weight excluding hydrogens is 155 g/mol. The zero-order chi connectivity index (χ0) is 8.55. The number of rotatable bonds is 1. The van der Waals surface area contributed by atoms with Crippen LogP contribution >= 0.6 is 0 Å². The fraction of sp³-hybridized carbons (Fsp3) is 0. The average Bonchev–Trinajstić information content (AvgIpc) is 2.53. The van der Waals surface area contributed by atoms with Gasteiger partial charge in [0.25, 0.3) is 0 Å². The van der Waals surface area contributed by atoms with E-state index in [1.54, 1.807) is 12.3 Å². The minimum atomic E-state index is -0.267. The Morgan fingerprint density at radius 2 is 2.42 bits per heavy atom. The molecule has 1 N–H and O–H groups in total. The molecule has 0 fully saturated rings. The molecule has 0 atom stereocenters. The molecule has 0 amide bonds. The first-order valence-corrected chi connectivity index (χ1v) is 3.57. The second-order valence-corrected chi connectivity index (χ2v) is 2.47. The molecule has 0 saturated carbocycles. The highest BCUT2D eigenvalue weighted by atomic mass is 19.1. The molecule has 0 aliphatic carbocycles. The van der Waals surface area contributed by atoms with Crippen molar-refractivity contribution in [2.75, 3.05) is 0 Å². The number of hydrogen-bond donors (Lipinski definition) is 1. The lowest BCUT2D eigenvalue weighted by atomic mass is 10.2. The van der Waals surface area contributed by atoms with Crippen LogP contribution in [-0.2, 0) is 0 Å². The van der Waals surface area contributed by atoms with Gasteiger partial charge >= 0.3 is 0 Å². The van der Waals surface area contributed by atoms with Crippen molar-refractivity contribution in [2.24, 2.45) is 0 Å². The number of aromatic amines is 1. The first kappa shape index (κ1) is 7.03. The molecule has 2 aromatic rings. The normalized spacial score (nSPS) is 10.4. The van der Waals surface area contributed by atoms with E-state index in [9.17, 15) is 4.39 Å². The fourth-order valence-electron chi connectivity index (χ4n) is 1.13. The van der Waals surface area contributed by atoms with E-state index in [4.69, 9.17) is 0 Å². The van der Waals surface area contributed by atoms with E-state index in [0.717, 1.165) is 0 Å². The molecular formula is C9H7FN2. The minimum Gasteiger partial charge on any atom is -0.346 e. The Kier molecular flexibility index (Phi) is 1.43. The van der Waals surface area contributed by atoms with Gasteiger partial charge in [-0.15, -0.1) is 0 Å². The van der Waals surface area contributed by atoms with Crippen molar-refractivity contribution in [1.29, 1.82) is 0 Å². The summed E-state index contributed by atoms with van der Waals surface area (Å²) in [6, 6.07) is 1.66. The van der Waals surface area contributed by atoms with Crippen molar-refractivity contribution in [3.63, 3.8) is 0 Å². The van der Waals surface area contributed by atoms with Crippen molar-refractivity contribution in [2.45, 2.75) is 0 Å². The third-order valence-electron chi connectivity index (χ3n) is 1.77. The van der Waals surface area contributed by atoms with Gasteiger partial charge in [-0.25, -0.2) is 9.37 Å². The summed E-state index contributed by atoms with van der Waals surface area (Å²) in [4.78, 5) is 6.83. The fourth-order valence-corrected chi connectivity index (χ4v) is 1.13. The van der Waals surface area contributed by atoms with Crippen LogP contribution in [-0.4, -0.2) is 9.97 Å². The molecule has 0 radical (unpaired) electrons. The van der Waals surface area contributed by atoms with Crippen molar-refractivity contribution < 1.29 is 4.39 Å². The van der Waals surface area contributed by atoms with Gasteiger partial charge in [0, 0.05) is 18.0 Å². The van der Waals surface area contributed by atoms with Crippen LogP contribution in [0.1, 0.15) is 5.56 Å². The number of fused-ring (bicyclic) bond motifs is 1. The molecule has 12 heavy (non-hydrogen) atoms. The van der Waals surface area contributed by atoms with Crippen LogP contribution in [0.2, 0.25) is 0 Å². The number of nitrogens with zero attached hydrogens (tertiary/aromatic N) is 1. The Labute approximate surface area is 68.7 Å². The van der Waals surface area contributed by atoms with Crippen molar-refractivity contribution >= 4 is 17.1 Å². The van der Waals surface area contributed by atoms with E-state index in [0.29, 0.717) is 16.6 Å². The second-order valence-electron chi connectivity index (χ2n) is 2.47. The highest BCUT2D eigenvalue weighted by Gasteiger charge is 2.05. The molecule has 0 spiro atoms. The molecule has 0 saturated heterocycles. The zero-order valence-corrected chi connectivity index (χ0v) is 6.34. The Morgan fingerprint density at radius 1 is 1.58 bits per heavy atom. The average molecular weight is 162 g/mol. The molecule has 0 unspecified atom stereocenters. The highest BCUT2D eigenvalue weighted by molar-refractivity contribution is 5.78. The molecule has 0 bridgehead atoms. The zero-order valence-electron chi connectivity index (χ0n) is 6.34. The van der Waals surface area contributed by atoms with E-state index >= 15 is 0 Å². The number of hydrogen-bond acceptors (Lipinski definition) is 1. The van der Waals surface area contributed by atoms with Crippen LogP contribution < -0.4 is 0 Å². The van der Waals surface area contributed by atoms with Crippen molar-refractivity contribution in [3.05, 3.63) is 36.4 Å². The lowest BCUT2D eigenvalue weighted by Gasteiger charge is -1.95. The van der Waals surface area contributed by atoms with Crippen LogP contribution in [0.3, 0.4) is 0 Å². The summed E-state index contributed by atoms with van der Waals surface area (Å²) in [5, 5.41) is 0.507. The summed E-state index contributed by atoms with van der Waals surface area (Å²) in [6.07, 6.45) is 4.57. The van der Waals surface area contributed by atoms with Gasteiger partial charge in [-0.05, 0) is 6.07 Å². The van der Waals surface area contributed by atoms with Crippen LogP contribution in [0.5, 0.6) is 0 Å². The van der Waals surface area contributed by atoms with Gasteiger partial charge < -0.3 is 4.98 Å². The summed E-state index contributed by atoms with van der Waals surface area (Å²) < 4.78 is 13.4. The van der Waals surface area contributed by atoms with E-state index in [2.05, 4.69) is 16.5 Å². The van der Waals surface area contributed by atoms with E-state index < -0.39 is 0 Å². The molecule has 2 heterocycles. The predicted molar refractivity (Wildman–Crippen MR) is 46.1 cm³/mol. The Bertz CT molecular complexity index is 431. The monoisotopic (exact) mass is 162 g/mol. The van der Waals surface area contributed by atoms with Gasteiger partial charge in [-0.1, -0.05) is 12.7 Å². The lowest BCUT2D eigenvalue weighted by molar-refractivity contribution is 0.636. The maximum Gasteiger partial charge on any atom is 0.142 e. The quantitative estimate of drug-likeness (QED) is 0.685. The smallest absolute Gasteiger partial charge is 0.142 e. The topological polar surface area (TPSA) is 28.7 Å². The molecule has 0 aromatic carbocycles. The maximum atomic E-state index is 13.4. The number of halogens is 1. The summed E-state index contributed by atoms with van der Waals surface area (Å²) >= 11 is 0. The molecule has 2 aromatic heterocycles. The first-order valence-electron chi connectivity index (χ1n) is 3.57. The molecule has 2 rings (SSSR count).